The number of hydrogen-bond donors (Lipinski definition) is 4. The lowest BCUT2D eigenvalue weighted by molar-refractivity contribution is 0.0902. The van der Waals surface area contributed by atoms with Gasteiger partial charge in [0.2, 0.25) is 0 Å². The molecular weight excluding hydrogens is 464 g/mol. The van der Waals surface area contributed by atoms with E-state index in [0.717, 1.165) is 0 Å². The van der Waals surface area contributed by atoms with Gasteiger partial charge in [-0.15, -0.1) is 0 Å². The number of aryl methyl sites for hydroxylation is 2. The van der Waals surface area contributed by atoms with Gasteiger partial charge in [0.1, 0.15) is 34.1 Å². The van der Waals surface area contributed by atoms with E-state index in [9.17, 15) is 29.4 Å². The summed E-state index contributed by atoms with van der Waals surface area (Å²) in [5, 5.41) is 27.3. The summed E-state index contributed by atoms with van der Waals surface area (Å²) in [6, 6.07) is 4.85. The Kier molecular flexibility index (Phi) is 6.99. The predicted octanol–water partition coefficient (Wildman–Crippen LogP) is 1.52. The number of aromatic hydroxyl groups is 2. The van der Waals surface area contributed by atoms with Gasteiger partial charge in [-0.2, -0.15) is 10.2 Å². The van der Waals surface area contributed by atoms with Crippen LogP contribution >= 0.6 is 0 Å². The van der Waals surface area contributed by atoms with E-state index in [2.05, 4.69) is 21.1 Å². The fourth-order valence-electron chi connectivity index (χ4n) is 2.93. The Balaban J connectivity index is 1.70. The topological polar surface area (TPSA) is 197 Å². The van der Waals surface area contributed by atoms with Crippen LogP contribution in [0.5, 0.6) is 11.5 Å². The smallest absolute Gasteiger partial charge is 0.348 e. The van der Waals surface area contributed by atoms with Crippen LogP contribution < -0.4 is 22.1 Å². The van der Waals surface area contributed by atoms with Gasteiger partial charge in [-0.25, -0.2) is 20.4 Å². The lowest BCUT2D eigenvalue weighted by Gasteiger charge is -2.04. The maximum atomic E-state index is 12.3. The minimum absolute atomic E-state index is 0.0252. The molecular formula is C22H20N4O9. The number of carbonyl (C=O) groups excluding carboxylic acids is 2. The van der Waals surface area contributed by atoms with E-state index in [-0.39, 0.29) is 57.1 Å². The summed E-state index contributed by atoms with van der Waals surface area (Å²) in [6.45, 7) is 5.71. The first-order valence-electron chi connectivity index (χ1n) is 9.95. The zero-order chi connectivity index (χ0) is 25.9. The maximum absolute atomic E-state index is 12.3. The average molecular weight is 484 g/mol. The largest absolute Gasteiger partial charge is 0.507 e. The zero-order valence-electron chi connectivity index (χ0n) is 19.0. The molecule has 0 saturated heterocycles. The van der Waals surface area contributed by atoms with Crippen LogP contribution in [0.4, 0.5) is 0 Å². The van der Waals surface area contributed by atoms with Gasteiger partial charge in [-0.1, -0.05) is 0 Å². The van der Waals surface area contributed by atoms with Crippen molar-refractivity contribution < 1.29 is 33.1 Å². The van der Waals surface area contributed by atoms with Gasteiger partial charge in [0, 0.05) is 12.1 Å². The van der Waals surface area contributed by atoms with Gasteiger partial charge in [0.25, 0.3) is 0 Å². The molecule has 0 radical (unpaired) electrons. The summed E-state index contributed by atoms with van der Waals surface area (Å²) < 4.78 is 15.0. The van der Waals surface area contributed by atoms with E-state index in [1.807, 2.05) is 0 Å². The third kappa shape index (κ3) is 5.52. The quantitative estimate of drug-likeness (QED) is 0.296. The monoisotopic (exact) mass is 484 g/mol. The summed E-state index contributed by atoms with van der Waals surface area (Å²) in [5.74, 6) is -2.59. The molecule has 3 aromatic rings. The Morgan fingerprint density at radius 1 is 0.743 bits per heavy atom. The van der Waals surface area contributed by atoms with Crippen molar-refractivity contribution in [3.8, 4) is 11.5 Å². The van der Waals surface area contributed by atoms with Crippen LogP contribution in [0, 0.1) is 13.8 Å². The Hall–Kier alpha value is -4.94. The van der Waals surface area contributed by atoms with Crippen molar-refractivity contribution in [1.82, 2.24) is 10.9 Å². The molecule has 182 valence electrons. The van der Waals surface area contributed by atoms with Gasteiger partial charge >= 0.3 is 23.1 Å². The first kappa shape index (κ1) is 24.7. The Morgan fingerprint density at radius 2 is 1.11 bits per heavy atom. The number of nitrogens with zero attached hydrogens (tertiary/aromatic N) is 2. The van der Waals surface area contributed by atoms with Crippen molar-refractivity contribution in [2.24, 2.45) is 10.2 Å². The van der Waals surface area contributed by atoms with Crippen molar-refractivity contribution in [1.29, 1.82) is 0 Å². The summed E-state index contributed by atoms with van der Waals surface area (Å²) in [7, 11) is 0. The summed E-state index contributed by atoms with van der Waals surface area (Å²) in [4.78, 5) is 48.4. The van der Waals surface area contributed by atoms with Crippen LogP contribution in [0.15, 0.2) is 57.3 Å². The standard InChI is InChI=1S/C22H20N4O9/c1-9-7-13(27)17(21(31)33-9)11(3)23-25-19(29)15-5-6-16(35-15)20(30)26-24-12(4)18-14(28)8-10(2)34-22(18)32/h5-8,27-28H,1-4H3,(H,25,29)(H,26,30)/b23-11+,24-12+. The van der Waals surface area contributed by atoms with Crippen LogP contribution in [0.1, 0.15) is 57.6 Å². The summed E-state index contributed by atoms with van der Waals surface area (Å²) >= 11 is 0. The van der Waals surface area contributed by atoms with E-state index < -0.39 is 23.1 Å². The highest BCUT2D eigenvalue weighted by Crippen LogP contribution is 2.16. The number of carbonyl (C=O) groups is 2. The molecule has 0 spiro atoms. The first-order chi connectivity index (χ1) is 16.5. The second kappa shape index (κ2) is 9.91. The van der Waals surface area contributed by atoms with Crippen LogP contribution in [-0.4, -0.2) is 33.5 Å². The summed E-state index contributed by atoms with van der Waals surface area (Å²) in [6.07, 6.45) is 0. The molecule has 35 heavy (non-hydrogen) atoms. The van der Waals surface area contributed by atoms with E-state index in [1.165, 1.54) is 52.0 Å². The molecule has 3 heterocycles. The molecule has 0 unspecified atom stereocenters. The number of furan rings is 1. The van der Waals surface area contributed by atoms with Gasteiger partial charge in [0.05, 0.1) is 11.4 Å². The second-order valence-corrected chi connectivity index (χ2v) is 7.25. The molecule has 4 N–H and O–H groups in total. The summed E-state index contributed by atoms with van der Waals surface area (Å²) in [5.41, 5.74) is 2.12. The third-order valence-corrected chi connectivity index (χ3v) is 4.54. The van der Waals surface area contributed by atoms with Crippen molar-refractivity contribution in [2.75, 3.05) is 0 Å². The van der Waals surface area contributed by atoms with Gasteiger partial charge in [-0.3, -0.25) is 9.59 Å². The molecule has 13 nitrogen and oxygen atoms in total. The van der Waals surface area contributed by atoms with Gasteiger partial charge in [-0.05, 0) is 39.8 Å². The molecule has 3 aromatic heterocycles. The Bertz CT molecular complexity index is 1380. The number of hydrogen-bond acceptors (Lipinski definition) is 11. The minimum Gasteiger partial charge on any atom is -0.507 e. The van der Waals surface area contributed by atoms with Crippen LogP contribution in [0.2, 0.25) is 0 Å². The molecule has 0 atom stereocenters. The van der Waals surface area contributed by atoms with Crippen LogP contribution in [0.25, 0.3) is 0 Å². The molecule has 3 rings (SSSR count). The highest BCUT2D eigenvalue weighted by atomic mass is 16.4. The fourth-order valence-corrected chi connectivity index (χ4v) is 2.93. The number of amides is 2. The minimum atomic E-state index is -0.846. The number of nitrogens with one attached hydrogen (secondary N) is 2. The lowest BCUT2D eigenvalue weighted by Crippen LogP contribution is -2.22. The van der Waals surface area contributed by atoms with Crippen LogP contribution in [0.3, 0.4) is 0 Å². The van der Waals surface area contributed by atoms with E-state index in [4.69, 9.17) is 13.3 Å². The van der Waals surface area contributed by atoms with E-state index in [1.54, 1.807) is 0 Å². The van der Waals surface area contributed by atoms with Crippen molar-refractivity contribution in [3.05, 3.63) is 79.3 Å². The van der Waals surface area contributed by atoms with E-state index >= 15 is 0 Å². The normalized spacial score (nSPS) is 11.9. The Morgan fingerprint density at radius 3 is 1.46 bits per heavy atom. The van der Waals surface area contributed by atoms with E-state index in [0.29, 0.717) is 0 Å². The molecule has 0 aliphatic carbocycles. The van der Waals surface area contributed by atoms with Crippen LogP contribution in [-0.2, 0) is 0 Å². The highest BCUT2D eigenvalue weighted by Gasteiger charge is 2.18. The molecule has 13 heteroatoms. The predicted molar refractivity (Wildman–Crippen MR) is 121 cm³/mol. The molecule has 0 aliphatic heterocycles. The molecule has 0 aliphatic rings. The number of hydrazone groups is 2. The fraction of sp³-hybridized carbons (Fsp3) is 0.182. The Labute approximate surface area is 196 Å². The zero-order valence-corrected chi connectivity index (χ0v) is 19.0. The lowest BCUT2D eigenvalue weighted by atomic mass is 10.2. The maximum Gasteiger partial charge on any atom is 0.348 e. The van der Waals surface area contributed by atoms with Crippen molar-refractivity contribution in [3.63, 3.8) is 0 Å². The molecule has 2 amide bonds. The van der Waals surface area contributed by atoms with Gasteiger partial charge in [0.15, 0.2) is 11.5 Å². The molecule has 0 fully saturated rings. The highest BCUT2D eigenvalue weighted by molar-refractivity contribution is 6.03. The van der Waals surface area contributed by atoms with Gasteiger partial charge < -0.3 is 23.5 Å². The third-order valence-electron chi connectivity index (χ3n) is 4.54. The van der Waals surface area contributed by atoms with Crippen molar-refractivity contribution in [2.45, 2.75) is 27.7 Å². The second-order valence-electron chi connectivity index (χ2n) is 7.25. The van der Waals surface area contributed by atoms with Crippen molar-refractivity contribution >= 4 is 23.2 Å². The molecule has 0 bridgehead atoms. The SMILES string of the molecule is C/C(=N\NC(=O)c1ccc(C(=O)N/N=C(\C)c2c(O)cc(C)oc2=O)o1)c1c(O)cc(C)oc1=O. The first-order valence-corrected chi connectivity index (χ1v) is 9.95. The molecule has 0 saturated carbocycles. The average Bonchev–Trinajstić information content (AvgIpc) is 3.25. The molecule has 0 aromatic carbocycles. The number of rotatable bonds is 6.